The Morgan fingerprint density at radius 2 is 2.00 bits per heavy atom. The first kappa shape index (κ1) is 20.4. The van der Waals surface area contributed by atoms with Crippen LogP contribution in [0, 0.1) is 6.92 Å². The summed E-state index contributed by atoms with van der Waals surface area (Å²) in [5, 5.41) is 1.23. The smallest absolute Gasteiger partial charge is 0.429 e. The molecule has 1 aliphatic rings. The zero-order chi connectivity index (χ0) is 20.8. The van der Waals surface area contributed by atoms with E-state index in [1.807, 2.05) is 43.3 Å². The van der Waals surface area contributed by atoms with E-state index in [2.05, 4.69) is 15.4 Å². The van der Waals surface area contributed by atoms with Gasteiger partial charge in [0.15, 0.2) is 0 Å². The van der Waals surface area contributed by atoms with Gasteiger partial charge in [-0.1, -0.05) is 36.4 Å². The molecule has 1 aromatic heterocycles. The summed E-state index contributed by atoms with van der Waals surface area (Å²) in [7, 11) is 0. The average molecular weight is 398 g/mol. The largest absolute Gasteiger partial charge is 0.449 e. The molecule has 1 aromatic carbocycles. The zero-order valence-electron chi connectivity index (χ0n) is 16.8. The van der Waals surface area contributed by atoms with Crippen LogP contribution in [0.15, 0.2) is 42.6 Å². The lowest BCUT2D eigenvalue weighted by Crippen LogP contribution is -2.53. The van der Waals surface area contributed by atoms with Crippen LogP contribution in [0.5, 0.6) is 0 Å². The summed E-state index contributed by atoms with van der Waals surface area (Å²) in [6.45, 7) is 5.78. The molecule has 2 aromatic rings. The Hall–Kier alpha value is -3.29. The fraction of sp³-hybridized carbons (Fsp3) is 0.381. The van der Waals surface area contributed by atoms with Crippen molar-refractivity contribution in [1.29, 1.82) is 0 Å². The van der Waals surface area contributed by atoms with Crippen LogP contribution in [-0.4, -0.2) is 46.4 Å². The Bertz CT molecular complexity index is 892. The fourth-order valence-corrected chi connectivity index (χ4v) is 3.49. The van der Waals surface area contributed by atoms with Crippen molar-refractivity contribution in [3.05, 3.63) is 53.9 Å². The summed E-state index contributed by atoms with van der Waals surface area (Å²) in [6.07, 6.45) is 5.08. The first-order valence-corrected chi connectivity index (χ1v) is 9.72. The highest BCUT2D eigenvalue weighted by molar-refractivity contribution is 5.75. The van der Waals surface area contributed by atoms with Gasteiger partial charge in [0.05, 0.1) is 19.3 Å². The summed E-state index contributed by atoms with van der Waals surface area (Å²) in [5.41, 5.74) is 5.45. The monoisotopic (exact) mass is 398 g/mol. The topological polar surface area (TPSA) is 96.6 Å². The van der Waals surface area contributed by atoms with Gasteiger partial charge < -0.3 is 14.5 Å². The Labute approximate surface area is 169 Å². The number of carbonyl (C=O) groups is 2. The van der Waals surface area contributed by atoms with E-state index >= 15 is 0 Å². The van der Waals surface area contributed by atoms with Gasteiger partial charge in [0.25, 0.3) is 0 Å². The molecule has 0 bridgehead atoms. The molecule has 0 saturated carbocycles. The predicted octanol–water partition coefficient (Wildman–Crippen LogP) is 3.92. The molecule has 3 rings (SSSR count). The maximum absolute atomic E-state index is 12.6. The quantitative estimate of drug-likeness (QED) is 0.588. The van der Waals surface area contributed by atoms with Crippen molar-refractivity contribution in [3.8, 4) is 11.4 Å². The Morgan fingerprint density at radius 3 is 2.69 bits per heavy atom. The van der Waals surface area contributed by atoms with Crippen LogP contribution >= 0.6 is 0 Å². The third-order valence-electron chi connectivity index (χ3n) is 4.70. The second kappa shape index (κ2) is 9.27. The lowest BCUT2D eigenvalue weighted by molar-refractivity contribution is 0.0541. The minimum absolute atomic E-state index is 0.150. The van der Waals surface area contributed by atoms with Crippen molar-refractivity contribution in [2.45, 2.75) is 39.2 Å². The molecule has 0 aliphatic heterocycles. The molecule has 8 heteroatoms. The van der Waals surface area contributed by atoms with E-state index in [1.165, 1.54) is 5.01 Å². The van der Waals surface area contributed by atoms with E-state index in [9.17, 15) is 9.59 Å². The molecule has 0 spiro atoms. The molecule has 154 valence electrons. The van der Waals surface area contributed by atoms with E-state index in [1.54, 1.807) is 20.0 Å². The number of amides is 2. The molecular weight excluding hydrogens is 372 g/mol. The van der Waals surface area contributed by atoms with Gasteiger partial charge in [-0.3, -0.25) is 0 Å². The lowest BCUT2D eigenvalue weighted by atomic mass is 9.90. The number of aromatic amines is 1. The van der Waals surface area contributed by atoms with Gasteiger partial charge in [-0.25, -0.2) is 25.0 Å². The number of rotatable bonds is 5. The summed E-state index contributed by atoms with van der Waals surface area (Å²) >= 11 is 0. The van der Waals surface area contributed by atoms with Crippen LogP contribution in [0.3, 0.4) is 0 Å². The molecule has 1 heterocycles. The van der Waals surface area contributed by atoms with Crippen molar-refractivity contribution in [1.82, 2.24) is 20.4 Å². The van der Waals surface area contributed by atoms with Gasteiger partial charge >= 0.3 is 12.2 Å². The SMILES string of the molecule is CCOC(=O)NN(C(=O)OCC)[C@@H]1CC=C[C@H]1c1ccccc1-c1ncc(C)[nH]1. The van der Waals surface area contributed by atoms with Crippen molar-refractivity contribution in [2.24, 2.45) is 0 Å². The lowest BCUT2D eigenvalue weighted by Gasteiger charge is -2.32. The number of aromatic nitrogens is 2. The molecule has 0 unspecified atom stereocenters. The molecule has 2 amide bonds. The average Bonchev–Trinajstić information content (AvgIpc) is 3.35. The third kappa shape index (κ3) is 4.59. The minimum Gasteiger partial charge on any atom is -0.449 e. The maximum atomic E-state index is 12.6. The number of nitrogens with one attached hydrogen (secondary N) is 2. The number of carbonyl (C=O) groups excluding carboxylic acids is 2. The van der Waals surface area contributed by atoms with Gasteiger partial charge in [-0.2, -0.15) is 0 Å². The van der Waals surface area contributed by atoms with E-state index < -0.39 is 12.2 Å². The number of hydrazine groups is 1. The van der Waals surface area contributed by atoms with Crippen molar-refractivity contribution >= 4 is 12.2 Å². The van der Waals surface area contributed by atoms with E-state index in [0.29, 0.717) is 6.42 Å². The minimum atomic E-state index is -0.693. The summed E-state index contributed by atoms with van der Waals surface area (Å²) in [5.74, 6) is 0.612. The van der Waals surface area contributed by atoms with Gasteiger partial charge in [0, 0.05) is 23.4 Å². The number of nitrogens with zero attached hydrogens (tertiary/aromatic N) is 2. The van der Waals surface area contributed by atoms with Crippen LogP contribution in [0.25, 0.3) is 11.4 Å². The number of benzene rings is 1. The van der Waals surface area contributed by atoms with Gasteiger partial charge in [-0.05, 0) is 32.8 Å². The van der Waals surface area contributed by atoms with Crippen LogP contribution < -0.4 is 5.43 Å². The summed E-state index contributed by atoms with van der Waals surface area (Å²) in [6, 6.07) is 7.55. The Balaban J connectivity index is 1.94. The molecule has 29 heavy (non-hydrogen) atoms. The van der Waals surface area contributed by atoms with Crippen molar-refractivity contribution in [3.63, 3.8) is 0 Å². The number of aryl methyl sites for hydroxylation is 1. The number of hydrogen-bond donors (Lipinski definition) is 2. The van der Waals surface area contributed by atoms with Gasteiger partial charge in [0.1, 0.15) is 5.82 Å². The number of H-pyrrole nitrogens is 1. The first-order chi connectivity index (χ1) is 14.0. The van der Waals surface area contributed by atoms with E-state index in [4.69, 9.17) is 9.47 Å². The molecule has 0 radical (unpaired) electrons. The first-order valence-electron chi connectivity index (χ1n) is 9.72. The highest BCUT2D eigenvalue weighted by Gasteiger charge is 2.36. The van der Waals surface area contributed by atoms with Crippen LogP contribution in [0.4, 0.5) is 9.59 Å². The molecule has 2 N–H and O–H groups in total. The Morgan fingerprint density at radius 1 is 1.24 bits per heavy atom. The molecular formula is C21H26N4O4. The van der Waals surface area contributed by atoms with Gasteiger partial charge in [0.2, 0.25) is 0 Å². The van der Waals surface area contributed by atoms with Gasteiger partial charge in [-0.15, -0.1) is 0 Å². The third-order valence-corrected chi connectivity index (χ3v) is 4.70. The summed E-state index contributed by atoms with van der Waals surface area (Å²) in [4.78, 5) is 32.3. The fourth-order valence-electron chi connectivity index (χ4n) is 3.49. The second-order valence-electron chi connectivity index (χ2n) is 6.66. The normalized spacial score (nSPS) is 17.8. The van der Waals surface area contributed by atoms with Crippen LogP contribution in [-0.2, 0) is 9.47 Å². The number of imidazole rings is 1. The highest BCUT2D eigenvalue weighted by atomic mass is 16.6. The number of hydrogen-bond acceptors (Lipinski definition) is 5. The summed E-state index contributed by atoms with van der Waals surface area (Å²) < 4.78 is 10.1. The molecule has 0 fully saturated rings. The van der Waals surface area contributed by atoms with E-state index in [0.717, 1.165) is 22.6 Å². The van der Waals surface area contributed by atoms with Crippen molar-refractivity contribution < 1.29 is 19.1 Å². The van der Waals surface area contributed by atoms with Crippen molar-refractivity contribution in [2.75, 3.05) is 13.2 Å². The highest BCUT2D eigenvalue weighted by Crippen LogP contribution is 2.37. The maximum Gasteiger partial charge on any atom is 0.429 e. The standard InChI is InChI=1S/C21H26N4O4/c1-4-28-20(26)24-25(21(27)29-5-2)18-12-8-11-16(18)15-9-6-7-10-17(15)19-22-13-14(3)23-19/h6-11,13,16,18H,4-5,12H2,1-3H3,(H,22,23)(H,24,26)/t16-,18+/m0/s1. The Kier molecular flexibility index (Phi) is 6.54. The molecule has 8 nitrogen and oxygen atoms in total. The molecule has 1 aliphatic carbocycles. The zero-order valence-corrected chi connectivity index (χ0v) is 16.8. The number of ether oxygens (including phenoxy) is 2. The predicted molar refractivity (Wildman–Crippen MR) is 108 cm³/mol. The molecule has 0 saturated heterocycles. The van der Waals surface area contributed by atoms with Crippen LogP contribution in [0.2, 0.25) is 0 Å². The van der Waals surface area contributed by atoms with Crippen LogP contribution in [0.1, 0.15) is 37.4 Å². The molecule has 2 atom stereocenters. The van der Waals surface area contributed by atoms with E-state index in [-0.39, 0.29) is 25.2 Å². The second-order valence-corrected chi connectivity index (χ2v) is 6.66.